The van der Waals surface area contributed by atoms with Crippen LogP contribution in [0.3, 0.4) is 0 Å². The van der Waals surface area contributed by atoms with Crippen LogP contribution in [-0.2, 0) is 11.2 Å². The second-order valence-corrected chi connectivity index (χ2v) is 6.30. The first kappa shape index (κ1) is 15.4. The summed E-state index contributed by atoms with van der Waals surface area (Å²) in [4.78, 5) is 15.7. The number of carbonyl (C=O) groups is 1. The fourth-order valence-electron chi connectivity index (χ4n) is 1.55. The lowest BCUT2D eigenvalue weighted by Gasteiger charge is -2.08. The molecule has 0 aliphatic rings. The SMILES string of the molecule is Cc1nc(Nc2c(Cl)cc(Cl)cc2Cl)sc1CC(=O)O. The Morgan fingerprint density at radius 2 is 1.95 bits per heavy atom. The van der Waals surface area contributed by atoms with Crippen molar-refractivity contribution in [3.05, 3.63) is 37.8 Å². The normalized spacial score (nSPS) is 10.6. The molecule has 1 aromatic carbocycles. The minimum absolute atomic E-state index is 0.0622. The summed E-state index contributed by atoms with van der Waals surface area (Å²) in [6, 6.07) is 3.13. The second kappa shape index (κ2) is 6.18. The summed E-state index contributed by atoms with van der Waals surface area (Å²) in [5.41, 5.74) is 1.16. The van der Waals surface area contributed by atoms with Crippen LogP contribution in [0.2, 0.25) is 15.1 Å². The Balaban J connectivity index is 2.29. The maximum Gasteiger partial charge on any atom is 0.308 e. The molecule has 0 amide bonds. The number of halogens is 3. The molecule has 0 bridgehead atoms. The highest BCUT2D eigenvalue weighted by molar-refractivity contribution is 7.15. The smallest absolute Gasteiger partial charge is 0.308 e. The molecule has 2 aromatic rings. The molecule has 4 nitrogen and oxygen atoms in total. The third-order valence-electron chi connectivity index (χ3n) is 2.44. The zero-order valence-corrected chi connectivity index (χ0v) is 13.3. The van der Waals surface area contributed by atoms with Gasteiger partial charge in [0.2, 0.25) is 0 Å². The topological polar surface area (TPSA) is 62.2 Å². The Morgan fingerprint density at radius 1 is 1.35 bits per heavy atom. The van der Waals surface area contributed by atoms with E-state index in [9.17, 15) is 4.79 Å². The number of nitrogens with zero attached hydrogens (tertiary/aromatic N) is 1. The standard InChI is InChI=1S/C12H9Cl3N2O2S/c1-5-9(4-10(18)19)20-12(16-5)17-11-7(14)2-6(13)3-8(11)15/h2-3H,4H2,1H3,(H,16,17)(H,18,19). The molecule has 0 aliphatic carbocycles. The van der Waals surface area contributed by atoms with Crippen LogP contribution >= 0.6 is 46.1 Å². The predicted octanol–water partition coefficient (Wildman–Crippen LogP) is 4.78. The van der Waals surface area contributed by atoms with Crippen LogP contribution in [0, 0.1) is 6.92 Å². The quantitative estimate of drug-likeness (QED) is 0.832. The highest BCUT2D eigenvalue weighted by Crippen LogP contribution is 2.37. The number of aliphatic carboxylic acids is 1. The van der Waals surface area contributed by atoms with Crippen LogP contribution in [0.5, 0.6) is 0 Å². The molecule has 2 rings (SSSR count). The minimum atomic E-state index is -0.897. The molecule has 0 spiro atoms. The third kappa shape index (κ3) is 3.55. The van der Waals surface area contributed by atoms with E-state index >= 15 is 0 Å². The van der Waals surface area contributed by atoms with Gasteiger partial charge < -0.3 is 10.4 Å². The number of aromatic nitrogens is 1. The molecule has 0 saturated carbocycles. The Labute approximate surface area is 134 Å². The zero-order valence-electron chi connectivity index (χ0n) is 10.2. The number of rotatable bonds is 4. The lowest BCUT2D eigenvalue weighted by atomic mass is 10.3. The first-order chi connectivity index (χ1) is 9.36. The van der Waals surface area contributed by atoms with Gasteiger partial charge in [-0.2, -0.15) is 0 Å². The van der Waals surface area contributed by atoms with E-state index < -0.39 is 5.97 Å². The maximum absolute atomic E-state index is 10.7. The number of aryl methyl sites for hydroxylation is 1. The lowest BCUT2D eigenvalue weighted by Crippen LogP contribution is -1.99. The third-order valence-corrected chi connectivity index (χ3v) is 4.33. The van der Waals surface area contributed by atoms with Gasteiger partial charge in [0.05, 0.1) is 27.8 Å². The van der Waals surface area contributed by atoms with E-state index in [0.29, 0.717) is 36.5 Å². The van der Waals surface area contributed by atoms with Crippen molar-refractivity contribution >= 4 is 62.9 Å². The highest BCUT2D eigenvalue weighted by Gasteiger charge is 2.14. The van der Waals surface area contributed by atoms with Crippen LogP contribution in [0.4, 0.5) is 10.8 Å². The molecule has 0 saturated heterocycles. The van der Waals surface area contributed by atoms with Crippen LogP contribution in [-0.4, -0.2) is 16.1 Å². The number of carboxylic acid groups (broad SMARTS) is 1. The van der Waals surface area contributed by atoms with Gasteiger partial charge in [0, 0.05) is 9.90 Å². The van der Waals surface area contributed by atoms with Gasteiger partial charge in [0.15, 0.2) is 5.13 Å². The van der Waals surface area contributed by atoms with Crippen LogP contribution in [0.15, 0.2) is 12.1 Å². The summed E-state index contributed by atoms with van der Waals surface area (Å²) in [5, 5.41) is 13.5. The molecule has 0 radical (unpaired) electrons. The Bertz CT molecular complexity index is 650. The average Bonchev–Trinajstić information content (AvgIpc) is 2.63. The van der Waals surface area contributed by atoms with E-state index in [4.69, 9.17) is 39.9 Å². The van der Waals surface area contributed by atoms with Gasteiger partial charge in [0.1, 0.15) is 0 Å². The number of carboxylic acids is 1. The molecule has 0 fully saturated rings. The van der Waals surface area contributed by atoms with Gasteiger partial charge in [-0.3, -0.25) is 4.79 Å². The second-order valence-electron chi connectivity index (χ2n) is 3.97. The summed E-state index contributed by atoms with van der Waals surface area (Å²) < 4.78 is 0. The molecular formula is C12H9Cl3N2O2S. The fraction of sp³-hybridized carbons (Fsp3) is 0.167. The molecule has 2 N–H and O–H groups in total. The molecule has 1 heterocycles. The number of nitrogens with one attached hydrogen (secondary N) is 1. The van der Waals surface area contributed by atoms with E-state index in [2.05, 4.69) is 10.3 Å². The largest absolute Gasteiger partial charge is 0.481 e. The monoisotopic (exact) mass is 350 g/mol. The fourth-order valence-corrected chi connectivity index (χ4v) is 3.42. The first-order valence-electron chi connectivity index (χ1n) is 5.46. The number of anilines is 2. The molecule has 1 aromatic heterocycles. The van der Waals surface area contributed by atoms with Crippen molar-refractivity contribution < 1.29 is 9.90 Å². The van der Waals surface area contributed by atoms with E-state index in [1.54, 1.807) is 19.1 Å². The summed E-state index contributed by atoms with van der Waals surface area (Å²) in [7, 11) is 0. The van der Waals surface area contributed by atoms with Crippen molar-refractivity contribution in [3.63, 3.8) is 0 Å². The van der Waals surface area contributed by atoms with Crippen molar-refractivity contribution in [1.29, 1.82) is 0 Å². The highest BCUT2D eigenvalue weighted by atomic mass is 35.5. The van der Waals surface area contributed by atoms with Gasteiger partial charge in [-0.05, 0) is 19.1 Å². The summed E-state index contributed by atoms with van der Waals surface area (Å²) >= 11 is 19.2. The molecule has 106 valence electrons. The van der Waals surface area contributed by atoms with Crippen LogP contribution in [0.1, 0.15) is 10.6 Å². The van der Waals surface area contributed by atoms with Crippen molar-refractivity contribution in [3.8, 4) is 0 Å². The molecule has 0 atom stereocenters. The van der Waals surface area contributed by atoms with Gasteiger partial charge in [-0.1, -0.05) is 34.8 Å². The number of hydrogen-bond donors (Lipinski definition) is 2. The summed E-state index contributed by atoms with van der Waals surface area (Å²) in [6.07, 6.45) is -0.0622. The molecule has 8 heteroatoms. The first-order valence-corrected chi connectivity index (χ1v) is 7.41. The van der Waals surface area contributed by atoms with Crippen molar-refractivity contribution in [1.82, 2.24) is 4.98 Å². The maximum atomic E-state index is 10.7. The van der Waals surface area contributed by atoms with Crippen LogP contribution in [0.25, 0.3) is 0 Å². The Hall–Kier alpha value is -1.01. The van der Waals surface area contributed by atoms with Gasteiger partial charge >= 0.3 is 5.97 Å². The lowest BCUT2D eigenvalue weighted by molar-refractivity contribution is -0.136. The van der Waals surface area contributed by atoms with E-state index in [1.165, 1.54) is 11.3 Å². The zero-order chi connectivity index (χ0) is 14.9. The number of hydrogen-bond acceptors (Lipinski definition) is 4. The van der Waals surface area contributed by atoms with E-state index in [0.717, 1.165) is 0 Å². The van der Waals surface area contributed by atoms with Crippen molar-refractivity contribution in [2.45, 2.75) is 13.3 Å². The van der Waals surface area contributed by atoms with E-state index in [1.807, 2.05) is 0 Å². The van der Waals surface area contributed by atoms with Crippen LogP contribution < -0.4 is 5.32 Å². The van der Waals surface area contributed by atoms with Crippen molar-refractivity contribution in [2.24, 2.45) is 0 Å². The molecular weight excluding hydrogens is 343 g/mol. The molecule has 0 unspecified atom stereocenters. The molecule has 0 aliphatic heterocycles. The molecule has 20 heavy (non-hydrogen) atoms. The van der Waals surface area contributed by atoms with Gasteiger partial charge in [-0.15, -0.1) is 11.3 Å². The average molecular weight is 352 g/mol. The van der Waals surface area contributed by atoms with Crippen molar-refractivity contribution in [2.75, 3.05) is 5.32 Å². The predicted molar refractivity (Wildman–Crippen MR) is 82.9 cm³/mol. The van der Waals surface area contributed by atoms with E-state index in [-0.39, 0.29) is 6.42 Å². The Kier molecular flexibility index (Phi) is 4.75. The van der Waals surface area contributed by atoms with Gasteiger partial charge in [-0.25, -0.2) is 4.98 Å². The van der Waals surface area contributed by atoms with Gasteiger partial charge in [0.25, 0.3) is 0 Å². The summed E-state index contributed by atoms with van der Waals surface area (Å²) in [5.74, 6) is -0.897. The number of benzene rings is 1. The number of thiazole rings is 1. The summed E-state index contributed by atoms with van der Waals surface area (Å²) in [6.45, 7) is 1.75. The Morgan fingerprint density at radius 3 is 2.50 bits per heavy atom. The minimum Gasteiger partial charge on any atom is -0.481 e.